The molecule has 1 heterocycles. The summed E-state index contributed by atoms with van der Waals surface area (Å²) in [7, 11) is 1.91. The van der Waals surface area contributed by atoms with E-state index in [0.29, 0.717) is 23.9 Å². The van der Waals surface area contributed by atoms with Gasteiger partial charge in [-0.3, -0.25) is 4.79 Å². The average Bonchev–Trinajstić information content (AvgIpc) is 2.81. The molecule has 5 rings (SSSR count). The van der Waals surface area contributed by atoms with Crippen molar-refractivity contribution in [1.82, 2.24) is 10.2 Å². The fraction of sp³-hybridized carbons (Fsp3) is 0.231. The number of rotatable bonds is 4. The number of thiocarbonyl (C=S) groups is 1. The standard InChI is InChI=1S/C26H23FN2O2S/c1-29-20-7-4-8-21(30)24(20)25(28-26(29)32)23-19-6-3-2-5-17(19)11-14-22(23)31-15-16-9-12-18(27)13-10-16/h2-3,5-6,9-14,25H,4,7-8,15H2,1H3,(H,28,32). The highest BCUT2D eigenvalue weighted by atomic mass is 32.1. The van der Waals surface area contributed by atoms with Crippen molar-refractivity contribution in [3.63, 3.8) is 0 Å². The van der Waals surface area contributed by atoms with Crippen LogP contribution < -0.4 is 10.1 Å². The fourth-order valence-electron chi connectivity index (χ4n) is 4.60. The molecular weight excluding hydrogens is 423 g/mol. The fourth-order valence-corrected chi connectivity index (χ4v) is 4.82. The third-order valence-corrected chi connectivity index (χ3v) is 6.61. The summed E-state index contributed by atoms with van der Waals surface area (Å²) in [5.41, 5.74) is 3.54. The highest BCUT2D eigenvalue weighted by Gasteiger charge is 2.37. The number of benzene rings is 3. The maximum absolute atomic E-state index is 13.3. The molecule has 4 nitrogen and oxygen atoms in total. The molecule has 32 heavy (non-hydrogen) atoms. The highest BCUT2D eigenvalue weighted by Crippen LogP contribution is 2.42. The molecule has 0 saturated heterocycles. The number of nitrogens with zero attached hydrogens (tertiary/aromatic N) is 1. The molecule has 1 aliphatic heterocycles. The SMILES string of the molecule is CN1C(=S)NC(c2c(OCc3ccc(F)cc3)ccc3ccccc23)C2=C1CCCC2=O. The number of carbonyl (C=O) groups excluding carboxylic acids is 1. The summed E-state index contributed by atoms with van der Waals surface area (Å²) >= 11 is 5.62. The van der Waals surface area contributed by atoms with Gasteiger partial charge in [0.1, 0.15) is 18.2 Å². The van der Waals surface area contributed by atoms with Gasteiger partial charge in [0.25, 0.3) is 0 Å². The van der Waals surface area contributed by atoms with Crippen LogP contribution in [-0.4, -0.2) is 22.8 Å². The molecule has 6 heteroatoms. The molecule has 0 amide bonds. The summed E-state index contributed by atoms with van der Waals surface area (Å²) < 4.78 is 19.5. The lowest BCUT2D eigenvalue weighted by Gasteiger charge is -2.39. The highest BCUT2D eigenvalue weighted by molar-refractivity contribution is 7.80. The predicted molar refractivity (Wildman–Crippen MR) is 127 cm³/mol. The lowest BCUT2D eigenvalue weighted by atomic mass is 9.83. The van der Waals surface area contributed by atoms with Crippen LogP contribution in [0, 0.1) is 5.82 Å². The van der Waals surface area contributed by atoms with Gasteiger partial charge in [0, 0.05) is 30.3 Å². The number of hydrogen-bond acceptors (Lipinski definition) is 3. The van der Waals surface area contributed by atoms with Crippen LogP contribution in [0.1, 0.15) is 36.4 Å². The topological polar surface area (TPSA) is 41.6 Å². The van der Waals surface area contributed by atoms with E-state index in [-0.39, 0.29) is 17.6 Å². The molecule has 0 fully saturated rings. The lowest BCUT2D eigenvalue weighted by Crippen LogP contribution is -2.47. The lowest BCUT2D eigenvalue weighted by molar-refractivity contribution is -0.116. The molecule has 0 aromatic heterocycles. The van der Waals surface area contributed by atoms with Crippen LogP contribution in [0.3, 0.4) is 0 Å². The summed E-state index contributed by atoms with van der Waals surface area (Å²) in [5.74, 6) is 0.554. The second-order valence-corrected chi connectivity index (χ2v) is 8.58. The van der Waals surface area contributed by atoms with E-state index in [1.54, 1.807) is 12.1 Å². The van der Waals surface area contributed by atoms with E-state index in [1.165, 1.54) is 12.1 Å². The third-order valence-electron chi connectivity index (χ3n) is 6.22. The molecule has 3 aromatic rings. The molecular formula is C26H23FN2O2S. The molecule has 1 unspecified atom stereocenters. The number of carbonyl (C=O) groups is 1. The molecule has 2 aliphatic rings. The zero-order valence-electron chi connectivity index (χ0n) is 17.7. The Hall–Kier alpha value is -3.25. The Bertz CT molecular complexity index is 1250. The molecule has 1 N–H and O–H groups in total. The van der Waals surface area contributed by atoms with Crippen LogP contribution in [0.25, 0.3) is 10.8 Å². The average molecular weight is 447 g/mol. The van der Waals surface area contributed by atoms with E-state index in [1.807, 2.05) is 48.3 Å². The van der Waals surface area contributed by atoms with E-state index in [2.05, 4.69) is 5.32 Å². The van der Waals surface area contributed by atoms with Gasteiger partial charge in [-0.05, 0) is 59.6 Å². The Morgan fingerprint density at radius 2 is 1.88 bits per heavy atom. The Balaban J connectivity index is 1.63. The molecule has 0 radical (unpaired) electrons. The first-order valence-electron chi connectivity index (χ1n) is 10.7. The molecule has 0 spiro atoms. The van der Waals surface area contributed by atoms with Crippen LogP contribution in [0.15, 0.2) is 71.9 Å². The van der Waals surface area contributed by atoms with E-state index < -0.39 is 0 Å². The van der Waals surface area contributed by atoms with Crippen molar-refractivity contribution >= 4 is 33.9 Å². The predicted octanol–water partition coefficient (Wildman–Crippen LogP) is 5.43. The number of ketones is 1. The largest absolute Gasteiger partial charge is 0.489 e. The summed E-state index contributed by atoms with van der Waals surface area (Å²) in [6.07, 6.45) is 2.20. The molecule has 162 valence electrons. The Labute approximate surface area is 191 Å². The number of hydrogen-bond donors (Lipinski definition) is 1. The van der Waals surface area contributed by atoms with Crippen molar-refractivity contribution in [3.8, 4) is 5.75 Å². The zero-order valence-corrected chi connectivity index (χ0v) is 18.5. The van der Waals surface area contributed by atoms with E-state index >= 15 is 0 Å². The maximum atomic E-state index is 13.3. The van der Waals surface area contributed by atoms with Crippen LogP contribution in [0.5, 0.6) is 5.75 Å². The quantitative estimate of drug-likeness (QED) is 0.542. The van der Waals surface area contributed by atoms with E-state index in [0.717, 1.165) is 46.0 Å². The first kappa shape index (κ1) is 20.6. The minimum atomic E-state index is -0.379. The van der Waals surface area contributed by atoms with E-state index in [4.69, 9.17) is 17.0 Å². The molecule has 0 bridgehead atoms. The van der Waals surface area contributed by atoms with Gasteiger partial charge in [-0.2, -0.15) is 0 Å². The van der Waals surface area contributed by atoms with Crippen LogP contribution in [0.2, 0.25) is 0 Å². The van der Waals surface area contributed by atoms with Crippen molar-refractivity contribution in [1.29, 1.82) is 0 Å². The summed E-state index contributed by atoms with van der Waals surface area (Å²) in [4.78, 5) is 15.0. The Morgan fingerprint density at radius 1 is 1.09 bits per heavy atom. The van der Waals surface area contributed by atoms with Crippen molar-refractivity contribution in [2.75, 3.05) is 7.05 Å². The molecule has 3 aromatic carbocycles. The minimum Gasteiger partial charge on any atom is -0.489 e. The van der Waals surface area contributed by atoms with Gasteiger partial charge in [0.05, 0.1) is 6.04 Å². The maximum Gasteiger partial charge on any atom is 0.173 e. The van der Waals surface area contributed by atoms with Crippen LogP contribution in [0.4, 0.5) is 4.39 Å². The Kier molecular flexibility index (Phi) is 5.39. The second-order valence-electron chi connectivity index (χ2n) is 8.19. The third kappa shape index (κ3) is 3.65. The monoisotopic (exact) mass is 446 g/mol. The summed E-state index contributed by atoms with van der Waals surface area (Å²) in [5, 5.41) is 6.07. The smallest absolute Gasteiger partial charge is 0.173 e. The zero-order chi connectivity index (χ0) is 22.2. The van der Waals surface area contributed by atoms with Gasteiger partial charge in [-0.15, -0.1) is 0 Å². The minimum absolute atomic E-state index is 0.149. The van der Waals surface area contributed by atoms with Crippen molar-refractivity contribution < 1.29 is 13.9 Å². The van der Waals surface area contributed by atoms with Crippen LogP contribution >= 0.6 is 12.2 Å². The molecule has 1 atom stereocenters. The van der Waals surface area contributed by atoms with Gasteiger partial charge in [0.15, 0.2) is 10.9 Å². The summed E-state index contributed by atoms with van der Waals surface area (Å²) in [6, 6.07) is 17.9. The number of Topliss-reactive ketones (excluding diaryl/α,β-unsaturated/α-hetero) is 1. The number of halogens is 1. The summed E-state index contributed by atoms with van der Waals surface area (Å²) in [6.45, 7) is 0.294. The van der Waals surface area contributed by atoms with Gasteiger partial charge in [0.2, 0.25) is 0 Å². The number of allylic oxidation sites excluding steroid dienone is 1. The van der Waals surface area contributed by atoms with Crippen molar-refractivity contribution in [2.45, 2.75) is 31.9 Å². The van der Waals surface area contributed by atoms with Crippen molar-refractivity contribution in [2.24, 2.45) is 0 Å². The van der Waals surface area contributed by atoms with Crippen molar-refractivity contribution in [3.05, 3.63) is 88.9 Å². The van der Waals surface area contributed by atoms with Gasteiger partial charge in [-0.25, -0.2) is 4.39 Å². The first-order valence-corrected chi connectivity index (χ1v) is 11.1. The van der Waals surface area contributed by atoms with Gasteiger partial charge in [-0.1, -0.05) is 42.5 Å². The van der Waals surface area contributed by atoms with Gasteiger partial charge >= 0.3 is 0 Å². The van der Waals surface area contributed by atoms with Gasteiger partial charge < -0.3 is 15.0 Å². The number of nitrogens with one attached hydrogen (secondary N) is 1. The number of ether oxygens (including phenoxy) is 1. The molecule has 0 saturated carbocycles. The first-order chi connectivity index (χ1) is 15.5. The normalized spacial score (nSPS) is 18.6. The number of fused-ring (bicyclic) bond motifs is 1. The second kappa shape index (κ2) is 8.36. The molecule has 1 aliphatic carbocycles. The Morgan fingerprint density at radius 3 is 2.69 bits per heavy atom. The van der Waals surface area contributed by atoms with E-state index in [9.17, 15) is 9.18 Å². The van der Waals surface area contributed by atoms with Crippen LogP contribution in [-0.2, 0) is 11.4 Å².